The molecule has 0 radical (unpaired) electrons. The lowest BCUT2D eigenvalue weighted by Gasteiger charge is -2.21. The van der Waals surface area contributed by atoms with Crippen molar-refractivity contribution >= 4 is 17.5 Å². The number of alkyl halides is 1. The normalized spacial score (nSPS) is 14.2. The summed E-state index contributed by atoms with van der Waals surface area (Å²) in [6, 6.07) is 9.17. The highest BCUT2D eigenvalue weighted by atomic mass is 35.5. The molecule has 88 valence electrons. The summed E-state index contributed by atoms with van der Waals surface area (Å²) in [5.74, 6) is -0.200. The number of benzene rings is 1. The molecule has 0 saturated carbocycles. The maximum atomic E-state index is 11.9. The molecule has 0 aromatic heterocycles. The van der Waals surface area contributed by atoms with Crippen LogP contribution in [0.2, 0.25) is 0 Å². The van der Waals surface area contributed by atoms with Crippen molar-refractivity contribution in [1.82, 2.24) is 4.90 Å². The van der Waals surface area contributed by atoms with Gasteiger partial charge in [0.25, 0.3) is 0 Å². The van der Waals surface area contributed by atoms with E-state index in [0.717, 1.165) is 5.56 Å². The van der Waals surface area contributed by atoms with E-state index >= 15 is 0 Å². The first kappa shape index (κ1) is 13.0. The van der Waals surface area contributed by atoms with E-state index in [9.17, 15) is 9.90 Å². The number of halogens is 1. The van der Waals surface area contributed by atoms with Crippen molar-refractivity contribution in [1.29, 1.82) is 0 Å². The molecule has 4 heteroatoms. The number of amides is 1. The summed E-state index contributed by atoms with van der Waals surface area (Å²) in [4.78, 5) is 13.3. The third-order valence-corrected chi connectivity index (χ3v) is 2.66. The highest BCUT2D eigenvalue weighted by molar-refractivity contribution is 6.30. The summed E-state index contributed by atoms with van der Waals surface area (Å²) in [6.07, 6.45) is -0.548. The zero-order valence-corrected chi connectivity index (χ0v) is 10.2. The van der Waals surface area contributed by atoms with Gasteiger partial charge in [0.1, 0.15) is 5.38 Å². The van der Waals surface area contributed by atoms with Crippen molar-refractivity contribution in [3.63, 3.8) is 0 Å². The molecule has 1 rings (SSSR count). The molecular formula is C12H16ClNO2. The zero-order valence-electron chi connectivity index (χ0n) is 9.43. The maximum Gasteiger partial charge on any atom is 0.245 e. The SMILES string of the molecule is CC(O)CN(C)C(=O)C(Cl)c1ccccc1. The average molecular weight is 242 g/mol. The lowest BCUT2D eigenvalue weighted by Crippen LogP contribution is -2.35. The van der Waals surface area contributed by atoms with Crippen LogP contribution in [0.15, 0.2) is 30.3 Å². The second kappa shape index (κ2) is 5.87. The molecule has 0 heterocycles. The largest absolute Gasteiger partial charge is 0.392 e. The van der Waals surface area contributed by atoms with E-state index < -0.39 is 11.5 Å². The number of hydrogen-bond donors (Lipinski definition) is 1. The molecule has 1 amide bonds. The fourth-order valence-electron chi connectivity index (χ4n) is 1.44. The van der Waals surface area contributed by atoms with Crippen LogP contribution in [0.3, 0.4) is 0 Å². The Kier molecular flexibility index (Phi) is 4.77. The van der Waals surface area contributed by atoms with Gasteiger partial charge in [-0.3, -0.25) is 4.79 Å². The van der Waals surface area contributed by atoms with E-state index in [4.69, 9.17) is 11.6 Å². The summed E-state index contributed by atoms with van der Waals surface area (Å²) in [5, 5.41) is 8.50. The molecule has 1 N–H and O–H groups in total. The number of aliphatic hydroxyl groups is 1. The Labute approximate surface area is 101 Å². The van der Waals surface area contributed by atoms with Crippen LogP contribution in [0.1, 0.15) is 17.9 Å². The smallest absolute Gasteiger partial charge is 0.245 e. The number of rotatable bonds is 4. The Morgan fingerprint density at radius 2 is 2.00 bits per heavy atom. The van der Waals surface area contributed by atoms with Gasteiger partial charge in [0, 0.05) is 13.6 Å². The number of hydrogen-bond acceptors (Lipinski definition) is 2. The highest BCUT2D eigenvalue weighted by Crippen LogP contribution is 2.22. The molecule has 0 spiro atoms. The quantitative estimate of drug-likeness (QED) is 0.817. The predicted molar refractivity (Wildman–Crippen MR) is 64.4 cm³/mol. The van der Waals surface area contributed by atoms with Crippen LogP contribution in [0, 0.1) is 0 Å². The minimum atomic E-state index is -0.690. The van der Waals surface area contributed by atoms with Gasteiger partial charge < -0.3 is 10.0 Å². The number of nitrogens with zero attached hydrogens (tertiary/aromatic N) is 1. The summed E-state index contributed by atoms with van der Waals surface area (Å²) in [7, 11) is 1.63. The Bertz CT molecular complexity index is 340. The molecule has 0 fully saturated rings. The average Bonchev–Trinajstić information content (AvgIpc) is 2.27. The monoisotopic (exact) mass is 241 g/mol. The van der Waals surface area contributed by atoms with Gasteiger partial charge in [0.15, 0.2) is 0 Å². The third-order valence-electron chi connectivity index (χ3n) is 2.22. The molecule has 16 heavy (non-hydrogen) atoms. The lowest BCUT2D eigenvalue weighted by atomic mass is 10.1. The van der Waals surface area contributed by atoms with Gasteiger partial charge in [-0.25, -0.2) is 0 Å². The van der Waals surface area contributed by atoms with Crippen LogP contribution in [-0.4, -0.2) is 35.6 Å². The van der Waals surface area contributed by atoms with E-state index in [0.29, 0.717) is 0 Å². The van der Waals surface area contributed by atoms with Gasteiger partial charge in [0.2, 0.25) is 5.91 Å². The zero-order chi connectivity index (χ0) is 12.1. The molecule has 0 aliphatic heterocycles. The molecule has 2 atom stereocenters. The topological polar surface area (TPSA) is 40.5 Å². The van der Waals surface area contributed by atoms with Gasteiger partial charge in [-0.05, 0) is 12.5 Å². The molecular weight excluding hydrogens is 226 g/mol. The first-order chi connectivity index (χ1) is 7.52. The first-order valence-electron chi connectivity index (χ1n) is 5.14. The van der Waals surface area contributed by atoms with Gasteiger partial charge in [-0.1, -0.05) is 30.3 Å². The summed E-state index contributed by atoms with van der Waals surface area (Å²) in [5.41, 5.74) is 0.770. The fraction of sp³-hybridized carbons (Fsp3) is 0.417. The Morgan fingerprint density at radius 3 is 2.50 bits per heavy atom. The molecule has 2 unspecified atom stereocenters. The summed E-state index contributed by atoms with van der Waals surface area (Å²) < 4.78 is 0. The van der Waals surface area contributed by atoms with Crippen molar-refractivity contribution in [2.75, 3.05) is 13.6 Å². The number of likely N-dealkylation sites (N-methyl/N-ethyl adjacent to an activating group) is 1. The molecule has 0 bridgehead atoms. The van der Waals surface area contributed by atoms with Crippen molar-refractivity contribution in [3.05, 3.63) is 35.9 Å². The van der Waals surface area contributed by atoms with E-state index in [-0.39, 0.29) is 12.5 Å². The minimum absolute atomic E-state index is 0.200. The van der Waals surface area contributed by atoms with E-state index in [1.54, 1.807) is 14.0 Å². The maximum absolute atomic E-state index is 11.9. The molecule has 3 nitrogen and oxygen atoms in total. The van der Waals surface area contributed by atoms with Crippen LogP contribution in [0.5, 0.6) is 0 Å². The molecule has 1 aromatic carbocycles. The van der Waals surface area contributed by atoms with Gasteiger partial charge >= 0.3 is 0 Å². The number of aliphatic hydroxyl groups excluding tert-OH is 1. The summed E-state index contributed by atoms with van der Waals surface area (Å²) in [6.45, 7) is 1.92. The van der Waals surface area contributed by atoms with Crippen LogP contribution in [0.25, 0.3) is 0 Å². The van der Waals surface area contributed by atoms with Gasteiger partial charge in [-0.15, -0.1) is 11.6 Å². The molecule has 0 saturated heterocycles. The van der Waals surface area contributed by atoms with E-state index in [2.05, 4.69) is 0 Å². The number of carbonyl (C=O) groups is 1. The van der Waals surface area contributed by atoms with Crippen LogP contribution >= 0.6 is 11.6 Å². The van der Waals surface area contributed by atoms with Crippen LogP contribution < -0.4 is 0 Å². The number of carbonyl (C=O) groups excluding carboxylic acids is 1. The predicted octanol–water partition coefficient (Wildman–Crippen LogP) is 1.81. The van der Waals surface area contributed by atoms with Crippen molar-refractivity contribution in [2.45, 2.75) is 18.4 Å². The fourth-order valence-corrected chi connectivity index (χ4v) is 1.76. The molecule has 0 aliphatic carbocycles. The van der Waals surface area contributed by atoms with Gasteiger partial charge in [0.05, 0.1) is 6.10 Å². The minimum Gasteiger partial charge on any atom is -0.392 e. The van der Waals surface area contributed by atoms with Crippen molar-refractivity contribution in [2.24, 2.45) is 0 Å². The second-order valence-electron chi connectivity index (χ2n) is 3.84. The van der Waals surface area contributed by atoms with Crippen molar-refractivity contribution < 1.29 is 9.90 Å². The Morgan fingerprint density at radius 1 is 1.44 bits per heavy atom. The van der Waals surface area contributed by atoms with E-state index in [1.165, 1.54) is 4.90 Å². The lowest BCUT2D eigenvalue weighted by molar-refractivity contribution is -0.130. The summed E-state index contributed by atoms with van der Waals surface area (Å²) >= 11 is 6.06. The van der Waals surface area contributed by atoms with Crippen LogP contribution in [-0.2, 0) is 4.79 Å². The Hall–Kier alpha value is -1.06. The second-order valence-corrected chi connectivity index (χ2v) is 4.28. The highest BCUT2D eigenvalue weighted by Gasteiger charge is 2.21. The molecule has 0 aliphatic rings. The standard InChI is InChI=1S/C12H16ClNO2/c1-9(15)8-14(2)12(16)11(13)10-6-4-3-5-7-10/h3-7,9,11,15H,8H2,1-2H3. The van der Waals surface area contributed by atoms with Gasteiger partial charge in [-0.2, -0.15) is 0 Å². The van der Waals surface area contributed by atoms with Crippen molar-refractivity contribution in [3.8, 4) is 0 Å². The Balaban J connectivity index is 2.67. The van der Waals surface area contributed by atoms with E-state index in [1.807, 2.05) is 30.3 Å². The third kappa shape index (κ3) is 3.51. The van der Waals surface area contributed by atoms with Crippen LogP contribution in [0.4, 0.5) is 0 Å². The first-order valence-corrected chi connectivity index (χ1v) is 5.58. The molecule has 1 aromatic rings.